The van der Waals surface area contributed by atoms with Gasteiger partial charge in [-0.3, -0.25) is 14.4 Å². The van der Waals surface area contributed by atoms with Crippen molar-refractivity contribution in [2.75, 3.05) is 19.6 Å². The zero-order chi connectivity index (χ0) is 27.9. The number of hydrogen-bond donors (Lipinski definition) is 2. The fourth-order valence-corrected chi connectivity index (χ4v) is 6.87. The Labute approximate surface area is 230 Å². The second-order valence-corrected chi connectivity index (χ2v) is 11.9. The number of hydrogen-bond acceptors (Lipinski definition) is 7. The van der Waals surface area contributed by atoms with Gasteiger partial charge in [-0.25, -0.2) is 18.1 Å². The molecule has 14 heteroatoms. The molecule has 39 heavy (non-hydrogen) atoms. The minimum absolute atomic E-state index is 0.0546. The number of halogens is 1. The van der Waals surface area contributed by atoms with Crippen molar-refractivity contribution in [1.82, 2.24) is 29.3 Å². The SMILES string of the molecule is C[C@@H](C(=O)N1CCCC(n2cnc(C(N)=O)n2)C1)N1CC[C@H](NS(=O)(=O)c2cccc3cc(Cl)ccc23)C1=O. The highest BCUT2D eigenvalue weighted by Gasteiger charge is 2.41. The van der Waals surface area contributed by atoms with Crippen molar-refractivity contribution in [3.05, 3.63) is 53.6 Å². The first-order chi connectivity index (χ1) is 18.5. The van der Waals surface area contributed by atoms with Gasteiger partial charge in [-0.1, -0.05) is 29.8 Å². The van der Waals surface area contributed by atoms with E-state index in [9.17, 15) is 22.8 Å². The Hall–Kier alpha value is -3.55. The molecule has 3 N–H and O–H groups in total. The number of amides is 3. The number of carbonyl (C=O) groups excluding carboxylic acids is 3. The van der Waals surface area contributed by atoms with Crippen LogP contribution in [0.25, 0.3) is 10.8 Å². The molecule has 0 spiro atoms. The van der Waals surface area contributed by atoms with Gasteiger partial charge in [0.1, 0.15) is 18.4 Å². The van der Waals surface area contributed by atoms with Gasteiger partial charge in [-0.15, -0.1) is 5.10 Å². The largest absolute Gasteiger partial charge is 0.363 e. The lowest BCUT2D eigenvalue weighted by molar-refractivity contribution is -0.144. The molecule has 0 bridgehead atoms. The molecule has 5 rings (SSSR count). The number of benzene rings is 2. The van der Waals surface area contributed by atoms with E-state index in [2.05, 4.69) is 14.8 Å². The fraction of sp³-hybridized carbons (Fsp3) is 0.400. The quantitative estimate of drug-likeness (QED) is 0.431. The average molecular weight is 574 g/mol. The third-order valence-corrected chi connectivity index (χ3v) is 9.03. The van der Waals surface area contributed by atoms with E-state index >= 15 is 0 Å². The van der Waals surface area contributed by atoms with Crippen LogP contribution in [0.5, 0.6) is 0 Å². The van der Waals surface area contributed by atoms with Gasteiger partial charge in [-0.2, -0.15) is 4.72 Å². The van der Waals surface area contributed by atoms with Gasteiger partial charge in [0.15, 0.2) is 0 Å². The molecule has 0 saturated carbocycles. The number of piperidine rings is 1. The Balaban J connectivity index is 1.26. The zero-order valence-corrected chi connectivity index (χ0v) is 22.7. The Morgan fingerprint density at radius 1 is 1.18 bits per heavy atom. The number of carbonyl (C=O) groups is 3. The van der Waals surface area contributed by atoms with Gasteiger partial charge < -0.3 is 15.5 Å². The second kappa shape index (κ2) is 10.5. The minimum atomic E-state index is -4.03. The molecule has 3 atom stereocenters. The summed E-state index contributed by atoms with van der Waals surface area (Å²) in [5.74, 6) is -1.50. The topological polar surface area (TPSA) is 161 Å². The first-order valence-corrected chi connectivity index (χ1v) is 14.4. The summed E-state index contributed by atoms with van der Waals surface area (Å²) in [5.41, 5.74) is 5.24. The summed E-state index contributed by atoms with van der Waals surface area (Å²) in [6.07, 6.45) is 3.12. The van der Waals surface area contributed by atoms with Gasteiger partial charge in [0.25, 0.3) is 5.91 Å². The third kappa shape index (κ3) is 5.34. The maximum Gasteiger partial charge on any atom is 0.288 e. The van der Waals surface area contributed by atoms with Crippen molar-refractivity contribution in [3.63, 3.8) is 0 Å². The summed E-state index contributed by atoms with van der Waals surface area (Å²) in [6.45, 7) is 2.75. The average Bonchev–Trinajstić information content (AvgIpc) is 3.55. The molecule has 3 aromatic rings. The van der Waals surface area contributed by atoms with Crippen molar-refractivity contribution in [1.29, 1.82) is 0 Å². The molecule has 1 aromatic heterocycles. The number of fused-ring (bicyclic) bond motifs is 1. The van der Waals surface area contributed by atoms with E-state index in [0.717, 1.165) is 6.42 Å². The summed E-state index contributed by atoms with van der Waals surface area (Å²) >= 11 is 6.05. The molecule has 3 amide bonds. The first kappa shape index (κ1) is 27.0. The van der Waals surface area contributed by atoms with Crippen molar-refractivity contribution >= 4 is 50.1 Å². The smallest absolute Gasteiger partial charge is 0.288 e. The molecular formula is C25H28ClN7O5S. The zero-order valence-electron chi connectivity index (χ0n) is 21.2. The lowest BCUT2D eigenvalue weighted by Crippen LogP contribution is -2.52. The predicted octanol–water partition coefficient (Wildman–Crippen LogP) is 1.32. The van der Waals surface area contributed by atoms with Crippen LogP contribution in [-0.4, -0.2) is 82.4 Å². The molecule has 2 fully saturated rings. The number of nitrogens with one attached hydrogen (secondary N) is 1. The molecule has 2 saturated heterocycles. The molecule has 2 aliphatic rings. The summed E-state index contributed by atoms with van der Waals surface area (Å²) in [6, 6.07) is 7.86. The van der Waals surface area contributed by atoms with Crippen molar-refractivity contribution in [2.24, 2.45) is 5.73 Å². The highest BCUT2D eigenvalue weighted by molar-refractivity contribution is 7.89. The van der Waals surface area contributed by atoms with Crippen LogP contribution in [0.1, 0.15) is 42.8 Å². The number of aromatic nitrogens is 3. The molecule has 0 aliphatic carbocycles. The van der Waals surface area contributed by atoms with E-state index < -0.39 is 33.9 Å². The van der Waals surface area contributed by atoms with E-state index in [-0.39, 0.29) is 35.6 Å². The van der Waals surface area contributed by atoms with Crippen LogP contribution in [0.4, 0.5) is 0 Å². The standard InChI is InChI=1S/C25H28ClN7O5S/c1-15(24(35)31-10-3-5-18(13-31)33-14-28-23(29-33)22(27)34)32-11-9-20(25(32)36)30-39(37,38)21-6-2-4-16-12-17(26)7-8-19(16)21/h2,4,6-8,12,14-15,18,20,30H,3,5,9-11,13H2,1H3,(H2,27,34)/t15-,18?,20-/m0/s1. The Morgan fingerprint density at radius 3 is 2.72 bits per heavy atom. The van der Waals surface area contributed by atoms with E-state index in [1.54, 1.807) is 42.2 Å². The van der Waals surface area contributed by atoms with Crippen LogP contribution in [0.3, 0.4) is 0 Å². The minimum Gasteiger partial charge on any atom is -0.363 e. The molecule has 206 valence electrons. The Morgan fingerprint density at radius 2 is 1.97 bits per heavy atom. The van der Waals surface area contributed by atoms with E-state index in [0.29, 0.717) is 35.3 Å². The van der Waals surface area contributed by atoms with Crippen molar-refractivity contribution in [3.8, 4) is 0 Å². The predicted molar refractivity (Wildman–Crippen MR) is 142 cm³/mol. The Bertz CT molecular complexity index is 1560. The second-order valence-electron chi connectivity index (χ2n) is 9.78. The number of primary amides is 1. The van der Waals surface area contributed by atoms with Gasteiger partial charge in [0, 0.05) is 30.0 Å². The van der Waals surface area contributed by atoms with Gasteiger partial charge in [0.05, 0.1) is 10.9 Å². The van der Waals surface area contributed by atoms with Crippen LogP contribution in [0.2, 0.25) is 5.02 Å². The third-order valence-electron chi connectivity index (χ3n) is 7.27. The van der Waals surface area contributed by atoms with Crippen molar-refractivity contribution in [2.45, 2.75) is 49.2 Å². The number of rotatable bonds is 7. The summed E-state index contributed by atoms with van der Waals surface area (Å²) in [4.78, 5) is 45.0. The van der Waals surface area contributed by atoms with Crippen LogP contribution in [0.15, 0.2) is 47.6 Å². The normalized spacial score (nSPS) is 20.9. The molecule has 0 radical (unpaired) electrons. The molecule has 12 nitrogen and oxygen atoms in total. The molecule has 2 aliphatic heterocycles. The van der Waals surface area contributed by atoms with Crippen LogP contribution in [-0.2, 0) is 19.6 Å². The van der Waals surface area contributed by atoms with Crippen molar-refractivity contribution < 1.29 is 22.8 Å². The molecule has 2 aromatic carbocycles. The highest BCUT2D eigenvalue weighted by atomic mass is 35.5. The fourth-order valence-electron chi connectivity index (χ4n) is 5.24. The maximum atomic E-state index is 13.4. The molecular weight excluding hydrogens is 546 g/mol. The summed E-state index contributed by atoms with van der Waals surface area (Å²) in [7, 11) is -4.03. The van der Waals surface area contributed by atoms with Crippen LogP contribution >= 0.6 is 11.6 Å². The molecule has 3 heterocycles. The van der Waals surface area contributed by atoms with E-state index in [1.165, 1.54) is 22.0 Å². The van der Waals surface area contributed by atoms with Gasteiger partial charge >= 0.3 is 0 Å². The van der Waals surface area contributed by atoms with E-state index in [1.807, 2.05) is 0 Å². The number of nitrogens with two attached hydrogens (primary N) is 1. The van der Waals surface area contributed by atoms with Crippen LogP contribution < -0.4 is 10.5 Å². The molecule has 1 unspecified atom stereocenters. The summed E-state index contributed by atoms with van der Waals surface area (Å²) < 4.78 is 30.6. The first-order valence-electron chi connectivity index (χ1n) is 12.6. The maximum absolute atomic E-state index is 13.4. The van der Waals surface area contributed by atoms with Gasteiger partial charge in [-0.05, 0) is 49.8 Å². The number of likely N-dealkylation sites (tertiary alicyclic amines) is 2. The lowest BCUT2D eigenvalue weighted by atomic mass is 10.0. The monoisotopic (exact) mass is 573 g/mol. The Kier molecular flexibility index (Phi) is 7.31. The van der Waals surface area contributed by atoms with E-state index in [4.69, 9.17) is 17.3 Å². The summed E-state index contributed by atoms with van der Waals surface area (Å²) in [5, 5.41) is 5.76. The number of nitrogens with zero attached hydrogens (tertiary/aromatic N) is 5. The van der Waals surface area contributed by atoms with Crippen LogP contribution in [0, 0.1) is 0 Å². The highest BCUT2D eigenvalue weighted by Crippen LogP contribution is 2.27. The van der Waals surface area contributed by atoms with Gasteiger partial charge in [0.2, 0.25) is 27.7 Å². The lowest BCUT2D eigenvalue weighted by Gasteiger charge is -2.36. The number of sulfonamides is 1.